The second-order valence-electron chi connectivity index (χ2n) is 12.0. The molecule has 0 radical (unpaired) electrons. The van der Waals surface area contributed by atoms with Gasteiger partial charge >= 0.3 is 0 Å². The van der Waals surface area contributed by atoms with Crippen LogP contribution in [-0.2, 0) is 12.8 Å². The van der Waals surface area contributed by atoms with Gasteiger partial charge in [0, 0.05) is 17.5 Å². The molecule has 2 aliphatic rings. The Morgan fingerprint density at radius 3 is 2.42 bits per heavy atom. The zero-order valence-electron chi connectivity index (χ0n) is 23.8. The van der Waals surface area contributed by atoms with Crippen LogP contribution in [0.25, 0.3) is 23.1 Å². The summed E-state index contributed by atoms with van der Waals surface area (Å²) in [6.45, 7) is 10.8. The van der Waals surface area contributed by atoms with Gasteiger partial charge in [0.05, 0.1) is 25.8 Å². The molecule has 202 valence electrons. The molecule has 5 nitrogen and oxygen atoms in total. The smallest absolute Gasteiger partial charge is 0.165 e. The first kappa shape index (κ1) is 26.4. The molecule has 1 aliphatic carbocycles. The van der Waals surface area contributed by atoms with Gasteiger partial charge in [0.2, 0.25) is 0 Å². The summed E-state index contributed by atoms with van der Waals surface area (Å²) in [6.07, 6.45) is 11.5. The fourth-order valence-electron chi connectivity index (χ4n) is 6.49. The quantitative estimate of drug-likeness (QED) is 0.266. The number of benzene rings is 2. The first-order chi connectivity index (χ1) is 18.1. The zero-order chi connectivity index (χ0) is 27.2. The average molecular weight is 516 g/mol. The lowest BCUT2D eigenvalue weighted by molar-refractivity contribution is -0.138. The Hall–Kier alpha value is -3.18. The van der Waals surface area contributed by atoms with Crippen LogP contribution < -0.4 is 14.2 Å². The molecule has 0 saturated heterocycles. The summed E-state index contributed by atoms with van der Waals surface area (Å²) in [6, 6.07) is 8.50. The fourth-order valence-corrected chi connectivity index (χ4v) is 6.49. The third kappa shape index (κ3) is 4.62. The minimum absolute atomic E-state index is 0.218. The number of methoxy groups -OCH3 is 2. The standard InChI is InChI=1S/C33H41NO4/c1-20(2)8-11-23-19-34-25-15-22(16-26(36-6)30(23)25)10-9-21-14-24-18-28-32(3,4)29(35)12-13-33(28,5)38-31(24)27(17-21)37-7/h8-10,14-17,19,28-29,34-35H,11-13,18H2,1-7H3/b10-9+/t28-,29-,33-/m1/s1. The van der Waals surface area contributed by atoms with Crippen LogP contribution in [0.2, 0.25) is 0 Å². The number of hydrogen-bond donors (Lipinski definition) is 2. The molecule has 2 heterocycles. The molecule has 2 aromatic carbocycles. The first-order valence-electron chi connectivity index (χ1n) is 13.6. The normalized spacial score (nSPS) is 24.0. The van der Waals surface area contributed by atoms with Gasteiger partial charge in [-0.15, -0.1) is 0 Å². The Morgan fingerprint density at radius 2 is 1.74 bits per heavy atom. The van der Waals surface area contributed by atoms with Crippen LogP contribution >= 0.6 is 0 Å². The van der Waals surface area contributed by atoms with E-state index in [1.807, 2.05) is 6.07 Å². The highest BCUT2D eigenvalue weighted by molar-refractivity contribution is 5.92. The van der Waals surface area contributed by atoms with Gasteiger partial charge in [-0.3, -0.25) is 0 Å². The van der Waals surface area contributed by atoms with Crippen LogP contribution in [0.15, 0.2) is 42.1 Å². The topological polar surface area (TPSA) is 63.7 Å². The van der Waals surface area contributed by atoms with Crippen LogP contribution in [0.3, 0.4) is 0 Å². The van der Waals surface area contributed by atoms with Crippen molar-refractivity contribution in [2.45, 2.75) is 72.0 Å². The third-order valence-electron chi connectivity index (χ3n) is 8.81. The summed E-state index contributed by atoms with van der Waals surface area (Å²) < 4.78 is 18.3. The lowest BCUT2D eigenvalue weighted by Gasteiger charge is -2.55. The van der Waals surface area contributed by atoms with Crippen molar-refractivity contribution in [1.29, 1.82) is 0 Å². The molecule has 5 rings (SSSR count). The highest BCUT2D eigenvalue weighted by Crippen LogP contribution is 2.55. The highest BCUT2D eigenvalue weighted by Gasteiger charge is 2.54. The van der Waals surface area contributed by atoms with Crippen LogP contribution in [-0.4, -0.2) is 36.0 Å². The molecule has 38 heavy (non-hydrogen) atoms. The van der Waals surface area contributed by atoms with Crippen molar-refractivity contribution < 1.29 is 19.3 Å². The maximum atomic E-state index is 10.8. The number of aromatic amines is 1. The molecule has 1 fully saturated rings. The summed E-state index contributed by atoms with van der Waals surface area (Å²) in [7, 11) is 3.43. The van der Waals surface area contributed by atoms with Crippen LogP contribution in [0.5, 0.6) is 17.2 Å². The summed E-state index contributed by atoms with van der Waals surface area (Å²) in [4.78, 5) is 3.43. The third-order valence-corrected chi connectivity index (χ3v) is 8.81. The Labute approximate surface area is 226 Å². The van der Waals surface area contributed by atoms with Crippen LogP contribution in [0, 0.1) is 11.3 Å². The maximum absolute atomic E-state index is 10.8. The van der Waals surface area contributed by atoms with E-state index in [1.54, 1.807) is 14.2 Å². The van der Waals surface area contributed by atoms with E-state index in [1.165, 1.54) is 11.1 Å². The number of fused-ring (bicyclic) bond motifs is 3. The van der Waals surface area contributed by atoms with Gasteiger partial charge in [-0.1, -0.05) is 37.6 Å². The van der Waals surface area contributed by atoms with Crippen LogP contribution in [0.1, 0.15) is 69.7 Å². The van der Waals surface area contributed by atoms with E-state index in [-0.39, 0.29) is 23.0 Å². The number of hydrogen-bond acceptors (Lipinski definition) is 4. The number of rotatable bonds is 6. The van der Waals surface area contributed by atoms with Gasteiger partial charge in [-0.2, -0.15) is 0 Å². The zero-order valence-corrected chi connectivity index (χ0v) is 23.8. The number of aliphatic hydroxyl groups excluding tert-OH is 1. The molecule has 3 atom stereocenters. The van der Waals surface area contributed by atoms with Crippen molar-refractivity contribution in [1.82, 2.24) is 4.98 Å². The molecule has 0 bridgehead atoms. The van der Waals surface area contributed by atoms with Gasteiger partial charge in [-0.25, -0.2) is 0 Å². The first-order valence-corrected chi connectivity index (χ1v) is 13.6. The van der Waals surface area contributed by atoms with Crippen molar-refractivity contribution in [3.63, 3.8) is 0 Å². The molecule has 1 saturated carbocycles. The lowest BCUT2D eigenvalue weighted by Crippen LogP contribution is -2.58. The monoisotopic (exact) mass is 515 g/mol. The van der Waals surface area contributed by atoms with E-state index in [9.17, 15) is 5.11 Å². The largest absolute Gasteiger partial charge is 0.496 e. The molecule has 0 unspecified atom stereocenters. The van der Waals surface area contributed by atoms with E-state index in [0.29, 0.717) is 0 Å². The van der Waals surface area contributed by atoms with Gasteiger partial charge in [0.1, 0.15) is 11.4 Å². The Bertz CT molecular complexity index is 1410. The predicted molar refractivity (Wildman–Crippen MR) is 155 cm³/mol. The fraction of sp³-hybridized carbons (Fsp3) is 0.455. The van der Waals surface area contributed by atoms with E-state index in [4.69, 9.17) is 14.2 Å². The van der Waals surface area contributed by atoms with Crippen molar-refractivity contribution in [3.05, 3.63) is 64.4 Å². The van der Waals surface area contributed by atoms with E-state index < -0.39 is 0 Å². The van der Waals surface area contributed by atoms with Gasteiger partial charge in [0.25, 0.3) is 0 Å². The average Bonchev–Trinajstić information content (AvgIpc) is 3.30. The molecule has 0 amide bonds. The molecule has 3 aromatic rings. The number of aromatic nitrogens is 1. The summed E-state index contributed by atoms with van der Waals surface area (Å²) >= 11 is 0. The Kier molecular flexibility index (Phi) is 6.85. The highest BCUT2D eigenvalue weighted by atomic mass is 16.5. The molecule has 5 heteroatoms. The van der Waals surface area contributed by atoms with E-state index in [0.717, 1.165) is 70.5 Å². The second kappa shape index (κ2) is 9.85. The molecule has 1 aliphatic heterocycles. The van der Waals surface area contributed by atoms with Crippen LogP contribution in [0.4, 0.5) is 0 Å². The van der Waals surface area contributed by atoms with Gasteiger partial charge < -0.3 is 24.3 Å². The molecule has 2 N–H and O–H groups in total. The van der Waals surface area contributed by atoms with Crippen molar-refractivity contribution in [2.75, 3.05) is 14.2 Å². The van der Waals surface area contributed by atoms with Crippen molar-refractivity contribution >= 4 is 23.1 Å². The number of allylic oxidation sites excluding steroid dienone is 2. The molecule has 1 aromatic heterocycles. The van der Waals surface area contributed by atoms with Crippen molar-refractivity contribution in [3.8, 4) is 17.2 Å². The lowest BCUT2D eigenvalue weighted by atomic mass is 9.57. The number of H-pyrrole nitrogens is 1. The minimum atomic E-state index is -0.323. The Morgan fingerprint density at radius 1 is 1.05 bits per heavy atom. The maximum Gasteiger partial charge on any atom is 0.165 e. The summed E-state index contributed by atoms with van der Waals surface area (Å²) in [5.74, 6) is 2.69. The van der Waals surface area contributed by atoms with E-state index >= 15 is 0 Å². The van der Waals surface area contributed by atoms with Gasteiger partial charge in [-0.05, 0) is 98.4 Å². The van der Waals surface area contributed by atoms with Crippen molar-refractivity contribution in [2.24, 2.45) is 11.3 Å². The molecular weight excluding hydrogens is 474 g/mol. The second-order valence-corrected chi connectivity index (χ2v) is 12.0. The number of nitrogens with one attached hydrogen (secondary N) is 1. The predicted octanol–water partition coefficient (Wildman–Crippen LogP) is 7.35. The van der Waals surface area contributed by atoms with E-state index in [2.05, 4.69) is 82.2 Å². The summed E-state index contributed by atoms with van der Waals surface area (Å²) in [5, 5.41) is 11.9. The Balaban J connectivity index is 1.48. The minimum Gasteiger partial charge on any atom is -0.496 e. The SMILES string of the molecule is COc1cc(/C=C/c2cc(OC)c3c(CC=C(C)C)c[nH]c3c2)cc2c1O[C@]1(C)CC[C@@H](O)C(C)(C)[C@H]1C2. The summed E-state index contributed by atoms with van der Waals surface area (Å²) in [5.41, 5.74) is 6.30. The molecular formula is C33H41NO4. The number of ether oxygens (including phenoxy) is 3. The number of aliphatic hydroxyl groups is 1. The van der Waals surface area contributed by atoms with Gasteiger partial charge in [0.15, 0.2) is 11.5 Å². The molecule has 0 spiro atoms.